The summed E-state index contributed by atoms with van der Waals surface area (Å²) < 4.78 is 5.20. The van der Waals surface area contributed by atoms with E-state index in [2.05, 4.69) is 23.3 Å². The molecule has 1 unspecified atom stereocenters. The van der Waals surface area contributed by atoms with Gasteiger partial charge < -0.3 is 10.1 Å². The van der Waals surface area contributed by atoms with E-state index in [0.29, 0.717) is 12.6 Å². The fraction of sp³-hybridized carbons (Fsp3) is 0.357. The lowest BCUT2D eigenvalue weighted by molar-refractivity contribution is 0.184. The second-order valence-electron chi connectivity index (χ2n) is 4.08. The van der Waals surface area contributed by atoms with Gasteiger partial charge in [0.05, 0.1) is 12.1 Å². The van der Waals surface area contributed by atoms with Gasteiger partial charge >= 0.3 is 0 Å². The molecule has 17 heavy (non-hydrogen) atoms. The zero-order valence-corrected chi connectivity index (χ0v) is 10.3. The molecule has 1 aromatic carbocycles. The van der Waals surface area contributed by atoms with Gasteiger partial charge in [-0.1, -0.05) is 25.1 Å². The molecule has 0 aliphatic carbocycles. The summed E-state index contributed by atoms with van der Waals surface area (Å²) in [5.41, 5.74) is 2.14. The van der Waals surface area contributed by atoms with Crippen molar-refractivity contribution in [1.82, 2.24) is 4.98 Å². The molecule has 1 heterocycles. The average molecular weight is 230 g/mol. The van der Waals surface area contributed by atoms with Crippen LogP contribution in [0.25, 0.3) is 10.9 Å². The van der Waals surface area contributed by atoms with Crippen LogP contribution < -0.4 is 5.32 Å². The Morgan fingerprint density at radius 3 is 2.88 bits per heavy atom. The van der Waals surface area contributed by atoms with Gasteiger partial charge in [0.25, 0.3) is 0 Å². The quantitative estimate of drug-likeness (QED) is 0.857. The zero-order chi connectivity index (χ0) is 12.1. The third kappa shape index (κ3) is 2.74. The molecule has 0 fully saturated rings. The van der Waals surface area contributed by atoms with Gasteiger partial charge in [0.2, 0.25) is 0 Å². The Hall–Kier alpha value is -1.61. The molecule has 90 valence electrons. The van der Waals surface area contributed by atoms with E-state index in [-0.39, 0.29) is 0 Å². The summed E-state index contributed by atoms with van der Waals surface area (Å²) in [5.74, 6) is 0. The molecule has 0 saturated carbocycles. The van der Waals surface area contributed by atoms with Crippen molar-refractivity contribution in [2.75, 3.05) is 19.0 Å². The first-order valence-electron chi connectivity index (χ1n) is 5.94. The highest BCUT2D eigenvalue weighted by molar-refractivity contribution is 5.90. The molecule has 0 aliphatic rings. The van der Waals surface area contributed by atoms with Crippen LogP contribution in [0.2, 0.25) is 0 Å². The third-order valence-electron chi connectivity index (χ3n) is 2.87. The second kappa shape index (κ2) is 5.64. The first-order chi connectivity index (χ1) is 8.35. The number of rotatable bonds is 5. The van der Waals surface area contributed by atoms with E-state index in [1.165, 1.54) is 0 Å². The SMILES string of the molecule is CCC(COC)Nc1ccnc2ccccc12. The molecule has 0 saturated heterocycles. The number of pyridine rings is 1. The Morgan fingerprint density at radius 1 is 1.29 bits per heavy atom. The Balaban J connectivity index is 2.28. The Labute approximate surface area is 102 Å². The van der Waals surface area contributed by atoms with Gasteiger partial charge in [-0.2, -0.15) is 0 Å². The molecule has 2 rings (SSSR count). The number of methoxy groups -OCH3 is 1. The van der Waals surface area contributed by atoms with Gasteiger partial charge in [0, 0.05) is 30.4 Å². The smallest absolute Gasteiger partial charge is 0.0722 e. The maximum atomic E-state index is 5.20. The van der Waals surface area contributed by atoms with Crippen LogP contribution in [-0.2, 0) is 4.74 Å². The number of aromatic nitrogens is 1. The Kier molecular flexibility index (Phi) is 3.94. The topological polar surface area (TPSA) is 34.1 Å². The van der Waals surface area contributed by atoms with Crippen molar-refractivity contribution < 1.29 is 4.74 Å². The van der Waals surface area contributed by atoms with Gasteiger partial charge in [0.15, 0.2) is 0 Å². The van der Waals surface area contributed by atoms with Crippen LogP contribution >= 0.6 is 0 Å². The molecule has 1 aromatic heterocycles. The van der Waals surface area contributed by atoms with E-state index < -0.39 is 0 Å². The molecule has 1 N–H and O–H groups in total. The van der Waals surface area contributed by atoms with Gasteiger partial charge in [-0.15, -0.1) is 0 Å². The van der Waals surface area contributed by atoms with Crippen molar-refractivity contribution >= 4 is 16.6 Å². The molecule has 0 amide bonds. The maximum Gasteiger partial charge on any atom is 0.0722 e. The molecule has 0 spiro atoms. The van der Waals surface area contributed by atoms with E-state index in [1.54, 1.807) is 7.11 Å². The van der Waals surface area contributed by atoms with Crippen molar-refractivity contribution in [3.63, 3.8) is 0 Å². The highest BCUT2D eigenvalue weighted by Gasteiger charge is 2.07. The number of hydrogen-bond acceptors (Lipinski definition) is 3. The van der Waals surface area contributed by atoms with E-state index in [9.17, 15) is 0 Å². The number of benzene rings is 1. The average Bonchev–Trinajstić information content (AvgIpc) is 2.38. The van der Waals surface area contributed by atoms with Crippen molar-refractivity contribution in [3.8, 4) is 0 Å². The number of nitrogens with one attached hydrogen (secondary N) is 1. The summed E-state index contributed by atoms with van der Waals surface area (Å²) in [6.07, 6.45) is 2.87. The zero-order valence-electron chi connectivity index (χ0n) is 10.3. The maximum absolute atomic E-state index is 5.20. The van der Waals surface area contributed by atoms with E-state index in [0.717, 1.165) is 23.0 Å². The Morgan fingerprint density at radius 2 is 2.12 bits per heavy atom. The van der Waals surface area contributed by atoms with Gasteiger partial charge in [-0.3, -0.25) is 4.98 Å². The number of anilines is 1. The summed E-state index contributed by atoms with van der Waals surface area (Å²) in [5, 5.41) is 4.66. The Bertz CT molecular complexity index is 479. The number of ether oxygens (including phenoxy) is 1. The van der Waals surface area contributed by atoms with E-state index >= 15 is 0 Å². The fourth-order valence-corrected chi connectivity index (χ4v) is 1.90. The van der Waals surface area contributed by atoms with Crippen LogP contribution in [0.1, 0.15) is 13.3 Å². The van der Waals surface area contributed by atoms with Gasteiger partial charge in [-0.05, 0) is 18.6 Å². The predicted octanol–water partition coefficient (Wildman–Crippen LogP) is 3.07. The molecule has 3 heteroatoms. The van der Waals surface area contributed by atoms with Crippen LogP contribution in [-0.4, -0.2) is 24.7 Å². The minimum absolute atomic E-state index is 0.339. The van der Waals surface area contributed by atoms with Crippen molar-refractivity contribution in [1.29, 1.82) is 0 Å². The predicted molar refractivity (Wildman–Crippen MR) is 71.3 cm³/mol. The molecule has 3 nitrogen and oxygen atoms in total. The van der Waals surface area contributed by atoms with Crippen molar-refractivity contribution in [3.05, 3.63) is 36.5 Å². The number of para-hydroxylation sites is 1. The van der Waals surface area contributed by atoms with Gasteiger partial charge in [-0.25, -0.2) is 0 Å². The van der Waals surface area contributed by atoms with Crippen molar-refractivity contribution in [2.24, 2.45) is 0 Å². The minimum atomic E-state index is 0.339. The first kappa shape index (κ1) is 11.9. The van der Waals surface area contributed by atoms with Crippen molar-refractivity contribution in [2.45, 2.75) is 19.4 Å². The molecular formula is C14H18N2O. The molecule has 0 aliphatic heterocycles. The largest absolute Gasteiger partial charge is 0.383 e. The normalized spacial score (nSPS) is 12.6. The summed E-state index contributed by atoms with van der Waals surface area (Å²) in [6.45, 7) is 2.87. The highest BCUT2D eigenvalue weighted by Crippen LogP contribution is 2.22. The highest BCUT2D eigenvalue weighted by atomic mass is 16.5. The lowest BCUT2D eigenvalue weighted by Gasteiger charge is -2.18. The van der Waals surface area contributed by atoms with Crippen LogP contribution in [0.4, 0.5) is 5.69 Å². The first-order valence-corrected chi connectivity index (χ1v) is 5.94. The van der Waals surface area contributed by atoms with Crippen LogP contribution in [0.3, 0.4) is 0 Å². The third-order valence-corrected chi connectivity index (χ3v) is 2.87. The molecule has 0 bridgehead atoms. The standard InChI is InChI=1S/C14H18N2O/c1-3-11(10-17-2)16-14-8-9-15-13-7-5-4-6-12(13)14/h4-9,11H,3,10H2,1-2H3,(H,15,16). The van der Waals surface area contributed by atoms with Crippen LogP contribution in [0, 0.1) is 0 Å². The van der Waals surface area contributed by atoms with E-state index in [1.807, 2.05) is 30.5 Å². The lowest BCUT2D eigenvalue weighted by Crippen LogP contribution is -2.23. The van der Waals surface area contributed by atoms with E-state index in [4.69, 9.17) is 4.74 Å². The summed E-state index contributed by atoms with van der Waals surface area (Å²) in [4.78, 5) is 4.35. The molecule has 0 radical (unpaired) electrons. The molecule has 2 aromatic rings. The lowest BCUT2D eigenvalue weighted by atomic mass is 10.1. The van der Waals surface area contributed by atoms with Crippen LogP contribution in [0.5, 0.6) is 0 Å². The van der Waals surface area contributed by atoms with Crippen LogP contribution in [0.15, 0.2) is 36.5 Å². The molecular weight excluding hydrogens is 212 g/mol. The fourth-order valence-electron chi connectivity index (χ4n) is 1.90. The molecule has 1 atom stereocenters. The van der Waals surface area contributed by atoms with Gasteiger partial charge in [0.1, 0.15) is 0 Å². The second-order valence-corrected chi connectivity index (χ2v) is 4.08. The number of nitrogens with zero attached hydrogens (tertiary/aromatic N) is 1. The summed E-state index contributed by atoms with van der Waals surface area (Å²) >= 11 is 0. The monoisotopic (exact) mass is 230 g/mol. The minimum Gasteiger partial charge on any atom is -0.383 e. The number of fused-ring (bicyclic) bond motifs is 1. The summed E-state index contributed by atoms with van der Waals surface area (Å²) in [7, 11) is 1.73. The number of hydrogen-bond donors (Lipinski definition) is 1. The summed E-state index contributed by atoms with van der Waals surface area (Å²) in [6, 6.07) is 10.5.